The Bertz CT molecular complexity index is 872. The van der Waals surface area contributed by atoms with Crippen LogP contribution in [0.5, 0.6) is 5.75 Å². The summed E-state index contributed by atoms with van der Waals surface area (Å²) in [4.78, 5) is -0.207. The molecule has 2 rings (SSSR count). The molecule has 0 saturated heterocycles. The van der Waals surface area contributed by atoms with E-state index in [1.54, 1.807) is 24.3 Å². The summed E-state index contributed by atoms with van der Waals surface area (Å²) in [6.45, 7) is 10.4. The van der Waals surface area contributed by atoms with Crippen molar-refractivity contribution >= 4 is 24.1 Å². The van der Waals surface area contributed by atoms with Crippen LogP contribution in [0.15, 0.2) is 47.4 Å². The van der Waals surface area contributed by atoms with Crippen molar-refractivity contribution in [3.05, 3.63) is 42.5 Å². The molecule has 0 spiro atoms. The Morgan fingerprint density at radius 3 is 2.08 bits per heavy atom. The van der Waals surface area contributed by atoms with Crippen molar-refractivity contribution in [3.8, 4) is 16.9 Å². The van der Waals surface area contributed by atoms with Gasteiger partial charge >= 0.3 is 0 Å². The number of hydrogen-bond donors (Lipinski definition) is 2. The largest absolute Gasteiger partial charge is 0.542 e. The second kappa shape index (κ2) is 6.47. The zero-order valence-electron chi connectivity index (χ0n) is 15.2. The summed E-state index contributed by atoms with van der Waals surface area (Å²) in [6, 6.07) is 11.7. The lowest BCUT2D eigenvalue weighted by Gasteiger charge is -2.37. The van der Waals surface area contributed by atoms with Crippen LogP contribution in [0.2, 0.25) is 18.1 Å². The van der Waals surface area contributed by atoms with Gasteiger partial charge in [0.25, 0.3) is 18.4 Å². The quantitative estimate of drug-likeness (QED) is 0.461. The van der Waals surface area contributed by atoms with Crippen LogP contribution in [0.1, 0.15) is 20.8 Å². The van der Waals surface area contributed by atoms with E-state index in [2.05, 4.69) is 33.9 Å². The molecule has 0 aliphatic heterocycles. The highest BCUT2D eigenvalue weighted by atomic mass is 32.2. The van der Waals surface area contributed by atoms with Crippen LogP contribution in [0.25, 0.3) is 11.1 Å². The van der Waals surface area contributed by atoms with Crippen LogP contribution in [0, 0.1) is 0 Å². The molecule has 0 unspecified atom stereocenters. The molecule has 0 amide bonds. The van der Waals surface area contributed by atoms with Gasteiger partial charge in [0.1, 0.15) is 10.6 Å². The average molecular weight is 380 g/mol. The Morgan fingerprint density at radius 2 is 1.60 bits per heavy atom. The first kappa shape index (κ1) is 19.5. The summed E-state index contributed by atoms with van der Waals surface area (Å²) < 4.78 is 39.9. The van der Waals surface area contributed by atoms with Crippen molar-refractivity contribution in [2.75, 3.05) is 5.73 Å². The molecule has 5 nitrogen and oxygen atoms in total. The van der Waals surface area contributed by atoms with Crippen LogP contribution < -0.4 is 10.2 Å². The van der Waals surface area contributed by atoms with Gasteiger partial charge in [-0.1, -0.05) is 51.1 Å². The molecule has 0 bridgehead atoms. The molecule has 0 aliphatic rings. The van der Waals surface area contributed by atoms with Gasteiger partial charge in [-0.3, -0.25) is 4.55 Å². The highest BCUT2D eigenvalue weighted by Crippen LogP contribution is 2.45. The van der Waals surface area contributed by atoms with E-state index in [0.29, 0.717) is 22.6 Å². The van der Waals surface area contributed by atoms with Crippen molar-refractivity contribution in [1.82, 2.24) is 0 Å². The number of anilines is 1. The van der Waals surface area contributed by atoms with Crippen LogP contribution in [0.4, 0.5) is 5.69 Å². The van der Waals surface area contributed by atoms with Crippen LogP contribution in [-0.4, -0.2) is 21.3 Å². The van der Waals surface area contributed by atoms with Gasteiger partial charge in [0.15, 0.2) is 0 Å². The Labute approximate surface area is 150 Å². The number of nitrogen functional groups attached to an aromatic ring is 1. The lowest BCUT2D eigenvalue weighted by Crippen LogP contribution is -2.44. The van der Waals surface area contributed by atoms with E-state index in [4.69, 9.17) is 10.2 Å². The second-order valence-electron chi connectivity index (χ2n) is 7.56. The Hall–Kier alpha value is -1.83. The zero-order chi connectivity index (χ0) is 19.0. The maximum absolute atomic E-state index is 11.9. The summed E-state index contributed by atoms with van der Waals surface area (Å²) in [5.41, 5.74) is 7.41. The lowest BCUT2D eigenvalue weighted by atomic mass is 10.0. The predicted octanol–water partition coefficient (Wildman–Crippen LogP) is 4.57. The first-order valence-corrected chi connectivity index (χ1v) is 12.3. The van der Waals surface area contributed by atoms with Gasteiger partial charge < -0.3 is 10.2 Å². The number of rotatable bonds is 4. The van der Waals surface area contributed by atoms with Crippen molar-refractivity contribution < 1.29 is 17.4 Å². The third-order valence-corrected chi connectivity index (χ3v) is 9.88. The summed E-state index contributed by atoms with van der Waals surface area (Å²) in [7, 11) is -6.71. The van der Waals surface area contributed by atoms with Crippen LogP contribution in [0.3, 0.4) is 0 Å². The van der Waals surface area contributed by atoms with E-state index < -0.39 is 18.4 Å². The molecule has 2 aromatic carbocycles. The third-order valence-electron chi connectivity index (χ3n) is 4.65. The monoisotopic (exact) mass is 379 g/mol. The first-order valence-electron chi connectivity index (χ1n) is 7.99. The molecular weight excluding hydrogens is 354 g/mol. The minimum Gasteiger partial charge on any atom is -0.542 e. The van der Waals surface area contributed by atoms with E-state index >= 15 is 0 Å². The normalized spacial score (nSPS) is 12.9. The fourth-order valence-electron chi connectivity index (χ4n) is 2.19. The van der Waals surface area contributed by atoms with Gasteiger partial charge in [-0.2, -0.15) is 8.42 Å². The standard InChI is InChI=1S/C18H25NO4SSi/c1-18(2,3)25(4,5)23-17-14(19)11-12-15(24(20,21)22)16(17)13-9-7-6-8-10-13/h6-12H,19H2,1-5H3,(H,20,21,22). The molecule has 0 aliphatic carbocycles. The molecule has 0 aromatic heterocycles. The number of benzene rings is 2. The Morgan fingerprint density at radius 1 is 1.04 bits per heavy atom. The molecule has 7 heteroatoms. The van der Waals surface area contributed by atoms with Crippen LogP contribution in [-0.2, 0) is 10.1 Å². The van der Waals surface area contributed by atoms with E-state index in [9.17, 15) is 13.0 Å². The van der Waals surface area contributed by atoms with Gasteiger partial charge in [-0.25, -0.2) is 0 Å². The van der Waals surface area contributed by atoms with Crippen molar-refractivity contribution in [3.63, 3.8) is 0 Å². The van der Waals surface area contributed by atoms with Gasteiger partial charge in [0.2, 0.25) is 0 Å². The van der Waals surface area contributed by atoms with Crippen molar-refractivity contribution in [1.29, 1.82) is 0 Å². The highest BCUT2D eigenvalue weighted by molar-refractivity contribution is 7.86. The molecule has 0 fully saturated rings. The van der Waals surface area contributed by atoms with Gasteiger partial charge in [-0.05, 0) is 35.8 Å². The van der Waals surface area contributed by atoms with E-state index in [1.807, 2.05) is 6.07 Å². The summed E-state index contributed by atoms with van der Waals surface area (Å²) in [6.07, 6.45) is 0. The second-order valence-corrected chi connectivity index (χ2v) is 13.7. The minimum absolute atomic E-state index is 0.0957. The van der Waals surface area contributed by atoms with E-state index in [-0.39, 0.29) is 9.93 Å². The zero-order valence-corrected chi connectivity index (χ0v) is 17.0. The number of hydrogen-bond acceptors (Lipinski definition) is 4. The van der Waals surface area contributed by atoms with Gasteiger partial charge in [0.05, 0.1) is 5.69 Å². The van der Waals surface area contributed by atoms with Crippen molar-refractivity contribution in [2.45, 2.75) is 43.8 Å². The molecule has 25 heavy (non-hydrogen) atoms. The molecule has 2 aromatic rings. The fourth-order valence-corrected chi connectivity index (χ4v) is 3.94. The first-order chi connectivity index (χ1) is 11.3. The van der Waals surface area contributed by atoms with Gasteiger partial charge in [0, 0.05) is 5.56 Å². The summed E-state index contributed by atoms with van der Waals surface area (Å²) in [5, 5.41) is -0.0957. The number of nitrogens with two attached hydrogens (primary N) is 1. The lowest BCUT2D eigenvalue weighted by molar-refractivity contribution is 0.479. The third kappa shape index (κ3) is 4.05. The topological polar surface area (TPSA) is 89.6 Å². The molecule has 0 saturated carbocycles. The molecule has 136 valence electrons. The smallest absolute Gasteiger partial charge is 0.295 e. The Kier molecular flexibility index (Phi) is 5.05. The fraction of sp³-hybridized carbons (Fsp3) is 0.333. The SMILES string of the molecule is CC(C)(C)[Si](C)(C)Oc1c(N)ccc(S(=O)(=O)O)c1-c1ccccc1. The van der Waals surface area contributed by atoms with E-state index in [0.717, 1.165) is 0 Å². The van der Waals surface area contributed by atoms with E-state index in [1.165, 1.54) is 12.1 Å². The molecule has 0 atom stereocenters. The molecule has 0 radical (unpaired) electrons. The minimum atomic E-state index is -4.43. The summed E-state index contributed by atoms with van der Waals surface area (Å²) in [5.74, 6) is 0.313. The van der Waals surface area contributed by atoms with Crippen LogP contribution >= 0.6 is 0 Å². The average Bonchev–Trinajstić information content (AvgIpc) is 2.47. The van der Waals surface area contributed by atoms with Crippen molar-refractivity contribution in [2.24, 2.45) is 0 Å². The molecule has 3 N–H and O–H groups in total. The Balaban J connectivity index is 2.80. The maximum atomic E-state index is 11.9. The maximum Gasteiger partial charge on any atom is 0.295 e. The highest BCUT2D eigenvalue weighted by Gasteiger charge is 2.40. The molecule has 0 heterocycles. The van der Waals surface area contributed by atoms with Gasteiger partial charge in [-0.15, -0.1) is 0 Å². The summed E-state index contributed by atoms with van der Waals surface area (Å²) >= 11 is 0. The predicted molar refractivity (Wildman–Crippen MR) is 104 cm³/mol. The molecular formula is C18H25NO4SSi.